The first kappa shape index (κ1) is 21.1. The van der Waals surface area contributed by atoms with E-state index in [1.807, 2.05) is 24.3 Å². The van der Waals surface area contributed by atoms with Crippen molar-refractivity contribution in [2.24, 2.45) is 0 Å². The van der Waals surface area contributed by atoms with Gasteiger partial charge in [0, 0.05) is 13.1 Å². The summed E-state index contributed by atoms with van der Waals surface area (Å²) in [4.78, 5) is 2.24. The minimum absolute atomic E-state index is 0.0730. The molecule has 29 heavy (non-hydrogen) atoms. The molecule has 2 aromatic rings. The zero-order valence-corrected chi connectivity index (χ0v) is 17.7. The van der Waals surface area contributed by atoms with Gasteiger partial charge in [-0.25, -0.2) is 0 Å². The summed E-state index contributed by atoms with van der Waals surface area (Å²) in [5.41, 5.74) is 3.29. The summed E-state index contributed by atoms with van der Waals surface area (Å²) in [7, 11) is 8.07. The van der Waals surface area contributed by atoms with E-state index in [4.69, 9.17) is 23.7 Å². The first-order valence-corrected chi connectivity index (χ1v) is 9.51. The van der Waals surface area contributed by atoms with Crippen LogP contribution in [0.4, 0.5) is 0 Å². The molecule has 1 unspecified atom stereocenters. The fraction of sp³-hybridized carbons (Fsp3) is 0.455. The second kappa shape index (κ2) is 9.24. The van der Waals surface area contributed by atoms with Crippen molar-refractivity contribution in [3.05, 3.63) is 41.0 Å². The number of benzene rings is 2. The van der Waals surface area contributed by atoms with E-state index >= 15 is 0 Å². The van der Waals surface area contributed by atoms with Gasteiger partial charge in [0.25, 0.3) is 0 Å². The maximum atomic E-state index is 9.64. The highest BCUT2D eigenvalue weighted by atomic mass is 16.5. The van der Waals surface area contributed by atoms with Crippen LogP contribution in [0.2, 0.25) is 0 Å². The van der Waals surface area contributed by atoms with Gasteiger partial charge in [0.05, 0.1) is 48.2 Å². The van der Waals surface area contributed by atoms with Crippen LogP contribution in [0.15, 0.2) is 24.3 Å². The SMILES string of the molecule is COc1cc2c(cc1OC)C(c1cc(OC)c(OC)c(OC)c1)N(CCO)CC2. The number of rotatable bonds is 8. The molecule has 1 N–H and O–H groups in total. The van der Waals surface area contributed by atoms with E-state index in [0.29, 0.717) is 35.3 Å². The van der Waals surface area contributed by atoms with Crippen LogP contribution in [0.25, 0.3) is 0 Å². The Labute approximate surface area is 171 Å². The van der Waals surface area contributed by atoms with Crippen molar-refractivity contribution in [2.75, 3.05) is 55.2 Å². The van der Waals surface area contributed by atoms with Crippen molar-refractivity contribution < 1.29 is 28.8 Å². The number of β-amino-alcohol motifs (C(OH)–C–C–N with tert-alkyl or cyclic N) is 1. The van der Waals surface area contributed by atoms with E-state index in [1.165, 1.54) is 5.56 Å². The van der Waals surface area contributed by atoms with Gasteiger partial charge in [-0.2, -0.15) is 0 Å². The van der Waals surface area contributed by atoms with E-state index in [2.05, 4.69) is 4.90 Å². The smallest absolute Gasteiger partial charge is 0.203 e. The number of aliphatic hydroxyl groups excluding tert-OH is 1. The molecule has 1 atom stereocenters. The summed E-state index contributed by atoms with van der Waals surface area (Å²) >= 11 is 0. The largest absolute Gasteiger partial charge is 0.493 e. The highest BCUT2D eigenvalue weighted by Crippen LogP contribution is 2.45. The van der Waals surface area contributed by atoms with Crippen LogP contribution in [-0.4, -0.2) is 65.3 Å². The van der Waals surface area contributed by atoms with E-state index < -0.39 is 0 Å². The van der Waals surface area contributed by atoms with Gasteiger partial charge in [-0.1, -0.05) is 0 Å². The number of ether oxygens (including phenoxy) is 5. The van der Waals surface area contributed by atoms with Crippen molar-refractivity contribution in [3.8, 4) is 28.7 Å². The molecule has 1 aliphatic rings. The molecular weight excluding hydrogens is 374 g/mol. The van der Waals surface area contributed by atoms with E-state index in [9.17, 15) is 5.11 Å². The van der Waals surface area contributed by atoms with Crippen molar-refractivity contribution in [3.63, 3.8) is 0 Å². The first-order valence-electron chi connectivity index (χ1n) is 9.51. The Balaban J connectivity index is 2.20. The maximum absolute atomic E-state index is 9.64. The third-order valence-corrected chi connectivity index (χ3v) is 5.36. The monoisotopic (exact) mass is 403 g/mol. The second-order valence-electron chi connectivity index (χ2n) is 6.78. The highest BCUT2D eigenvalue weighted by molar-refractivity contribution is 5.57. The van der Waals surface area contributed by atoms with Gasteiger partial charge in [0.1, 0.15) is 0 Å². The molecule has 158 valence electrons. The number of nitrogens with zero attached hydrogens (tertiary/aromatic N) is 1. The average molecular weight is 403 g/mol. The number of hydrogen-bond acceptors (Lipinski definition) is 7. The van der Waals surface area contributed by atoms with Crippen LogP contribution in [0.1, 0.15) is 22.7 Å². The van der Waals surface area contributed by atoms with Gasteiger partial charge in [0.15, 0.2) is 23.0 Å². The fourth-order valence-corrected chi connectivity index (χ4v) is 4.02. The van der Waals surface area contributed by atoms with Gasteiger partial charge < -0.3 is 28.8 Å². The number of hydrogen-bond donors (Lipinski definition) is 1. The summed E-state index contributed by atoms with van der Waals surface area (Å²) in [6, 6.07) is 7.88. The van der Waals surface area contributed by atoms with Crippen LogP contribution < -0.4 is 23.7 Å². The molecule has 0 aromatic heterocycles. The lowest BCUT2D eigenvalue weighted by molar-refractivity contribution is 0.160. The summed E-state index contributed by atoms with van der Waals surface area (Å²) in [5, 5.41) is 9.64. The first-order chi connectivity index (χ1) is 14.1. The summed E-state index contributed by atoms with van der Waals surface area (Å²) in [6.45, 7) is 1.43. The summed E-state index contributed by atoms with van der Waals surface area (Å²) in [5.74, 6) is 3.13. The molecule has 0 aliphatic carbocycles. The number of aliphatic hydroxyl groups is 1. The van der Waals surface area contributed by atoms with Crippen molar-refractivity contribution in [2.45, 2.75) is 12.5 Å². The Morgan fingerprint density at radius 3 is 1.93 bits per heavy atom. The number of methoxy groups -OCH3 is 5. The lowest BCUT2D eigenvalue weighted by Crippen LogP contribution is -2.38. The molecule has 0 fully saturated rings. The predicted molar refractivity (Wildman–Crippen MR) is 110 cm³/mol. The molecule has 0 saturated heterocycles. The molecule has 7 heteroatoms. The Bertz CT molecular complexity index is 828. The second-order valence-corrected chi connectivity index (χ2v) is 6.78. The average Bonchev–Trinajstić information content (AvgIpc) is 2.76. The normalized spacial score (nSPS) is 16.1. The molecule has 1 heterocycles. The zero-order chi connectivity index (χ0) is 21.0. The molecule has 0 saturated carbocycles. The van der Waals surface area contributed by atoms with Gasteiger partial charge >= 0.3 is 0 Å². The van der Waals surface area contributed by atoms with Crippen LogP contribution in [0, 0.1) is 0 Å². The van der Waals surface area contributed by atoms with Gasteiger partial charge in [-0.3, -0.25) is 4.90 Å². The molecule has 0 spiro atoms. The summed E-state index contributed by atoms with van der Waals surface area (Å²) < 4.78 is 27.6. The van der Waals surface area contributed by atoms with Crippen LogP contribution in [-0.2, 0) is 6.42 Å². The molecule has 0 amide bonds. The third kappa shape index (κ3) is 3.93. The molecule has 2 aromatic carbocycles. The molecule has 0 radical (unpaired) electrons. The Morgan fingerprint density at radius 1 is 0.828 bits per heavy atom. The van der Waals surface area contributed by atoms with Crippen LogP contribution in [0.5, 0.6) is 28.7 Å². The topological polar surface area (TPSA) is 69.6 Å². The summed E-state index contributed by atoms with van der Waals surface area (Å²) in [6.07, 6.45) is 0.858. The van der Waals surface area contributed by atoms with Gasteiger partial charge in [-0.05, 0) is 47.4 Å². The fourth-order valence-electron chi connectivity index (χ4n) is 4.02. The Hall–Kier alpha value is -2.64. The molecule has 7 nitrogen and oxygen atoms in total. The van der Waals surface area contributed by atoms with Gasteiger partial charge in [-0.15, -0.1) is 0 Å². The van der Waals surface area contributed by atoms with Crippen molar-refractivity contribution >= 4 is 0 Å². The van der Waals surface area contributed by atoms with E-state index in [0.717, 1.165) is 24.1 Å². The van der Waals surface area contributed by atoms with Crippen molar-refractivity contribution in [1.82, 2.24) is 4.90 Å². The standard InChI is InChI=1S/C22H29NO6/c1-25-17-10-14-6-7-23(8-9-24)21(16(14)13-18(17)26-2)15-11-19(27-3)22(29-5)20(12-15)28-4/h10-13,21,24H,6-9H2,1-5H3. The van der Waals surface area contributed by atoms with Crippen LogP contribution in [0.3, 0.4) is 0 Å². The molecular formula is C22H29NO6. The van der Waals surface area contributed by atoms with Crippen LogP contribution >= 0.6 is 0 Å². The zero-order valence-electron chi connectivity index (χ0n) is 17.7. The van der Waals surface area contributed by atoms with E-state index in [-0.39, 0.29) is 12.6 Å². The third-order valence-electron chi connectivity index (χ3n) is 5.36. The van der Waals surface area contributed by atoms with Crippen molar-refractivity contribution in [1.29, 1.82) is 0 Å². The molecule has 1 aliphatic heterocycles. The minimum atomic E-state index is -0.0978. The van der Waals surface area contributed by atoms with Gasteiger partial charge in [0.2, 0.25) is 5.75 Å². The Morgan fingerprint density at radius 2 is 1.41 bits per heavy atom. The van der Waals surface area contributed by atoms with E-state index in [1.54, 1.807) is 35.5 Å². The predicted octanol–water partition coefficient (Wildman–Crippen LogP) is 2.67. The molecule has 3 rings (SSSR count). The highest BCUT2D eigenvalue weighted by Gasteiger charge is 2.31. The quantitative estimate of drug-likeness (QED) is 0.727. The molecule has 0 bridgehead atoms. The lowest BCUT2D eigenvalue weighted by Gasteiger charge is -2.38. The minimum Gasteiger partial charge on any atom is -0.493 e. The Kier molecular flexibility index (Phi) is 6.71. The lowest BCUT2D eigenvalue weighted by atomic mass is 9.87. The maximum Gasteiger partial charge on any atom is 0.203 e. The number of fused-ring (bicyclic) bond motifs is 1.